The molecule has 1 aromatic heterocycles. The van der Waals surface area contributed by atoms with Gasteiger partial charge in [0.1, 0.15) is 5.01 Å². The molecule has 1 aromatic rings. The SMILES string of the molecule is c1csc(CN2CCN(C3CCOCC3)CC2)n1. The second-order valence-corrected chi connectivity index (χ2v) is 6.06. The molecule has 0 atom stereocenters. The molecule has 0 N–H and O–H groups in total. The number of hydrogen-bond acceptors (Lipinski definition) is 5. The van der Waals surface area contributed by atoms with Crippen LogP contribution in [0.15, 0.2) is 11.6 Å². The molecule has 0 saturated carbocycles. The standard InChI is InChI=1S/C13H21N3OS/c1-8-17-9-2-12(1)16-6-4-15(5-7-16)11-13-14-3-10-18-13/h3,10,12H,1-2,4-9,11H2. The number of aromatic nitrogens is 1. The minimum atomic E-state index is 0.765. The second-order valence-electron chi connectivity index (χ2n) is 5.08. The van der Waals surface area contributed by atoms with Crippen LogP contribution < -0.4 is 0 Å². The van der Waals surface area contributed by atoms with Crippen LogP contribution >= 0.6 is 11.3 Å². The van der Waals surface area contributed by atoms with Gasteiger partial charge in [-0.2, -0.15) is 0 Å². The molecule has 0 amide bonds. The van der Waals surface area contributed by atoms with E-state index in [1.54, 1.807) is 11.3 Å². The van der Waals surface area contributed by atoms with E-state index in [-0.39, 0.29) is 0 Å². The fourth-order valence-corrected chi connectivity index (χ4v) is 3.52. The van der Waals surface area contributed by atoms with Crippen LogP contribution in [0.3, 0.4) is 0 Å². The van der Waals surface area contributed by atoms with Crippen molar-refractivity contribution in [3.8, 4) is 0 Å². The summed E-state index contributed by atoms with van der Waals surface area (Å²) in [6, 6.07) is 0.765. The molecular weight excluding hydrogens is 246 g/mol. The Morgan fingerprint density at radius 2 is 2.00 bits per heavy atom. The van der Waals surface area contributed by atoms with E-state index >= 15 is 0 Å². The van der Waals surface area contributed by atoms with Crippen LogP contribution in [0.4, 0.5) is 0 Å². The lowest BCUT2D eigenvalue weighted by molar-refractivity contribution is 0.0126. The van der Waals surface area contributed by atoms with Gasteiger partial charge in [-0.25, -0.2) is 4.98 Å². The fraction of sp³-hybridized carbons (Fsp3) is 0.769. The maximum absolute atomic E-state index is 5.44. The van der Waals surface area contributed by atoms with Crippen molar-refractivity contribution >= 4 is 11.3 Å². The van der Waals surface area contributed by atoms with Crippen LogP contribution in [0.5, 0.6) is 0 Å². The highest BCUT2D eigenvalue weighted by molar-refractivity contribution is 7.09. The highest BCUT2D eigenvalue weighted by atomic mass is 32.1. The Bertz CT molecular complexity index is 343. The normalized spacial score (nSPS) is 24.4. The third-order valence-electron chi connectivity index (χ3n) is 3.96. The van der Waals surface area contributed by atoms with E-state index in [0.29, 0.717) is 0 Å². The van der Waals surface area contributed by atoms with Gasteiger partial charge < -0.3 is 4.74 Å². The number of nitrogens with zero attached hydrogens (tertiary/aromatic N) is 3. The average Bonchev–Trinajstić information content (AvgIpc) is 2.94. The molecule has 0 bridgehead atoms. The monoisotopic (exact) mass is 267 g/mol. The molecule has 4 nitrogen and oxygen atoms in total. The van der Waals surface area contributed by atoms with Crippen LogP contribution in [0.25, 0.3) is 0 Å². The van der Waals surface area contributed by atoms with Gasteiger partial charge in [0, 0.05) is 57.0 Å². The zero-order chi connectivity index (χ0) is 12.2. The van der Waals surface area contributed by atoms with Gasteiger partial charge in [0.25, 0.3) is 0 Å². The predicted octanol–water partition coefficient (Wildman–Crippen LogP) is 1.44. The molecule has 3 rings (SSSR count). The van der Waals surface area contributed by atoms with Crippen LogP contribution in [0.2, 0.25) is 0 Å². The molecule has 2 aliphatic heterocycles. The van der Waals surface area contributed by atoms with Crippen molar-refractivity contribution in [1.82, 2.24) is 14.8 Å². The summed E-state index contributed by atoms with van der Waals surface area (Å²) in [5, 5.41) is 3.31. The van der Waals surface area contributed by atoms with Crippen molar-refractivity contribution in [2.24, 2.45) is 0 Å². The third kappa shape index (κ3) is 3.09. The zero-order valence-corrected chi connectivity index (χ0v) is 11.6. The molecule has 18 heavy (non-hydrogen) atoms. The second kappa shape index (κ2) is 6.10. The minimum Gasteiger partial charge on any atom is -0.381 e. The first-order chi connectivity index (χ1) is 8.92. The lowest BCUT2D eigenvalue weighted by Gasteiger charge is -2.40. The summed E-state index contributed by atoms with van der Waals surface area (Å²) in [4.78, 5) is 9.54. The van der Waals surface area contributed by atoms with E-state index < -0.39 is 0 Å². The summed E-state index contributed by atoms with van der Waals surface area (Å²) in [7, 11) is 0. The van der Waals surface area contributed by atoms with E-state index in [9.17, 15) is 0 Å². The molecule has 2 aliphatic rings. The van der Waals surface area contributed by atoms with Gasteiger partial charge in [0.15, 0.2) is 0 Å². The molecule has 3 heterocycles. The van der Waals surface area contributed by atoms with Crippen molar-refractivity contribution in [3.63, 3.8) is 0 Å². The van der Waals surface area contributed by atoms with Crippen molar-refractivity contribution in [1.29, 1.82) is 0 Å². The number of piperazine rings is 1. The highest BCUT2D eigenvalue weighted by Crippen LogP contribution is 2.17. The van der Waals surface area contributed by atoms with Crippen LogP contribution in [-0.4, -0.2) is 60.2 Å². The summed E-state index contributed by atoms with van der Waals surface area (Å²) < 4.78 is 5.44. The Kier molecular flexibility index (Phi) is 4.25. The summed E-state index contributed by atoms with van der Waals surface area (Å²) in [5.41, 5.74) is 0. The minimum absolute atomic E-state index is 0.765. The number of ether oxygens (including phenoxy) is 1. The molecule has 100 valence electrons. The zero-order valence-electron chi connectivity index (χ0n) is 10.8. The molecule has 0 spiro atoms. The van der Waals surface area contributed by atoms with E-state index in [2.05, 4.69) is 20.2 Å². The molecule has 0 aromatic carbocycles. The average molecular weight is 267 g/mol. The smallest absolute Gasteiger partial charge is 0.107 e. The van der Waals surface area contributed by atoms with Gasteiger partial charge in [-0.1, -0.05) is 0 Å². The van der Waals surface area contributed by atoms with Gasteiger partial charge in [-0.3, -0.25) is 9.80 Å². The van der Waals surface area contributed by atoms with Crippen LogP contribution in [0, 0.1) is 0 Å². The molecule has 0 aliphatic carbocycles. The fourth-order valence-electron chi connectivity index (χ4n) is 2.86. The molecular formula is C13H21N3OS. The Morgan fingerprint density at radius 1 is 1.22 bits per heavy atom. The summed E-state index contributed by atoms with van der Waals surface area (Å²) in [5.74, 6) is 0. The van der Waals surface area contributed by atoms with Gasteiger partial charge >= 0.3 is 0 Å². The number of thiazole rings is 1. The maximum Gasteiger partial charge on any atom is 0.107 e. The van der Waals surface area contributed by atoms with Crippen molar-refractivity contribution < 1.29 is 4.74 Å². The Morgan fingerprint density at radius 3 is 2.67 bits per heavy atom. The Labute approximate surface area is 113 Å². The molecule has 2 fully saturated rings. The van der Waals surface area contributed by atoms with E-state index in [1.165, 1.54) is 44.0 Å². The van der Waals surface area contributed by atoms with Gasteiger partial charge in [-0.15, -0.1) is 11.3 Å². The first-order valence-electron chi connectivity index (χ1n) is 6.84. The molecule has 2 saturated heterocycles. The molecule has 0 unspecified atom stereocenters. The number of rotatable bonds is 3. The summed E-state index contributed by atoms with van der Waals surface area (Å²) in [6.45, 7) is 7.69. The number of hydrogen-bond donors (Lipinski definition) is 0. The van der Waals surface area contributed by atoms with Gasteiger partial charge in [0.2, 0.25) is 0 Å². The van der Waals surface area contributed by atoms with E-state index in [1.807, 2.05) is 6.20 Å². The highest BCUT2D eigenvalue weighted by Gasteiger charge is 2.25. The van der Waals surface area contributed by atoms with E-state index in [0.717, 1.165) is 25.8 Å². The summed E-state index contributed by atoms with van der Waals surface area (Å²) in [6.07, 6.45) is 4.33. The predicted molar refractivity (Wildman–Crippen MR) is 72.8 cm³/mol. The molecule has 0 radical (unpaired) electrons. The van der Waals surface area contributed by atoms with Crippen LogP contribution in [-0.2, 0) is 11.3 Å². The lowest BCUT2D eigenvalue weighted by Crippen LogP contribution is -2.51. The Hall–Kier alpha value is -0.490. The molecule has 5 heteroatoms. The van der Waals surface area contributed by atoms with Crippen LogP contribution in [0.1, 0.15) is 17.8 Å². The van der Waals surface area contributed by atoms with Crippen molar-refractivity contribution in [3.05, 3.63) is 16.6 Å². The third-order valence-corrected chi connectivity index (χ3v) is 4.72. The maximum atomic E-state index is 5.44. The van der Waals surface area contributed by atoms with E-state index in [4.69, 9.17) is 4.74 Å². The first-order valence-corrected chi connectivity index (χ1v) is 7.72. The van der Waals surface area contributed by atoms with Gasteiger partial charge in [0.05, 0.1) is 6.54 Å². The Balaban J connectivity index is 1.45. The lowest BCUT2D eigenvalue weighted by atomic mass is 10.1. The first kappa shape index (κ1) is 12.5. The largest absolute Gasteiger partial charge is 0.381 e. The summed E-state index contributed by atoms with van der Waals surface area (Å²) >= 11 is 1.76. The van der Waals surface area contributed by atoms with Crippen molar-refractivity contribution in [2.45, 2.75) is 25.4 Å². The quantitative estimate of drug-likeness (QED) is 0.828. The van der Waals surface area contributed by atoms with Gasteiger partial charge in [-0.05, 0) is 12.8 Å². The van der Waals surface area contributed by atoms with Crippen molar-refractivity contribution in [2.75, 3.05) is 39.4 Å². The topological polar surface area (TPSA) is 28.6 Å².